The first kappa shape index (κ1) is 13.2. The molecule has 106 valence electrons. The zero-order valence-electron chi connectivity index (χ0n) is 11.5. The van der Waals surface area contributed by atoms with Crippen molar-refractivity contribution in [1.29, 1.82) is 0 Å². The second-order valence-electron chi connectivity index (χ2n) is 4.52. The Bertz CT molecular complexity index is 775. The first-order valence-electron chi connectivity index (χ1n) is 6.51. The van der Waals surface area contributed by atoms with E-state index in [0.717, 1.165) is 16.6 Å². The van der Waals surface area contributed by atoms with E-state index in [2.05, 4.69) is 15.0 Å². The number of hydrogen-bond acceptors (Lipinski definition) is 5. The predicted octanol–water partition coefficient (Wildman–Crippen LogP) is 3.23. The minimum absolute atomic E-state index is 0.403. The molecular formula is C16H14N2O3. The number of furan rings is 1. The topological polar surface area (TPSA) is 64.4 Å². The van der Waals surface area contributed by atoms with E-state index < -0.39 is 5.97 Å². The minimum Gasteiger partial charge on any atom is -0.467 e. The zero-order valence-corrected chi connectivity index (χ0v) is 11.5. The Morgan fingerprint density at radius 3 is 3.10 bits per heavy atom. The average molecular weight is 282 g/mol. The number of benzene rings is 1. The number of methoxy groups -OCH3 is 1. The number of fused-ring (bicyclic) bond motifs is 1. The quantitative estimate of drug-likeness (QED) is 0.744. The second-order valence-corrected chi connectivity index (χ2v) is 4.52. The molecule has 0 saturated heterocycles. The molecule has 0 unspecified atom stereocenters. The molecule has 0 aliphatic heterocycles. The zero-order chi connectivity index (χ0) is 14.7. The molecule has 2 aromatic heterocycles. The van der Waals surface area contributed by atoms with Gasteiger partial charge < -0.3 is 14.5 Å². The van der Waals surface area contributed by atoms with Crippen molar-refractivity contribution in [2.75, 3.05) is 12.4 Å². The Morgan fingerprint density at radius 1 is 1.33 bits per heavy atom. The van der Waals surface area contributed by atoms with E-state index in [1.807, 2.05) is 30.3 Å². The number of pyridine rings is 1. The summed E-state index contributed by atoms with van der Waals surface area (Å²) in [5.41, 5.74) is 2.31. The Kier molecular flexibility index (Phi) is 3.55. The van der Waals surface area contributed by atoms with Gasteiger partial charge in [0.1, 0.15) is 12.0 Å². The van der Waals surface area contributed by atoms with Gasteiger partial charge in [-0.2, -0.15) is 0 Å². The number of carbonyl (C=O) groups is 1. The summed E-state index contributed by atoms with van der Waals surface area (Å²) >= 11 is 0. The molecule has 1 N–H and O–H groups in total. The minimum atomic E-state index is -0.403. The van der Waals surface area contributed by atoms with Gasteiger partial charge in [0.25, 0.3) is 0 Å². The normalized spacial score (nSPS) is 10.5. The summed E-state index contributed by atoms with van der Waals surface area (Å²) in [6.07, 6.45) is 3.16. The summed E-state index contributed by atoms with van der Waals surface area (Å²) in [4.78, 5) is 15.7. The van der Waals surface area contributed by atoms with E-state index in [9.17, 15) is 4.79 Å². The number of ether oxygens (including phenoxy) is 1. The molecule has 0 bridgehead atoms. The van der Waals surface area contributed by atoms with Gasteiger partial charge in [0.05, 0.1) is 24.7 Å². The van der Waals surface area contributed by atoms with E-state index >= 15 is 0 Å². The summed E-state index contributed by atoms with van der Waals surface area (Å²) in [5, 5.41) is 4.33. The van der Waals surface area contributed by atoms with Crippen molar-refractivity contribution in [3.8, 4) is 0 Å². The van der Waals surface area contributed by atoms with Gasteiger partial charge in [0, 0.05) is 17.3 Å². The molecule has 21 heavy (non-hydrogen) atoms. The number of aromatic nitrogens is 1. The van der Waals surface area contributed by atoms with Crippen LogP contribution in [-0.2, 0) is 11.3 Å². The third kappa shape index (κ3) is 2.72. The molecule has 0 radical (unpaired) electrons. The monoisotopic (exact) mass is 282 g/mol. The number of carbonyl (C=O) groups excluding carboxylic acids is 1. The summed E-state index contributed by atoms with van der Waals surface area (Å²) in [5.74, 6) is 0.260. The van der Waals surface area contributed by atoms with Crippen LogP contribution in [0.5, 0.6) is 0 Å². The molecule has 0 spiro atoms. The highest BCUT2D eigenvalue weighted by atomic mass is 16.5. The van der Waals surface area contributed by atoms with Crippen molar-refractivity contribution in [2.45, 2.75) is 6.54 Å². The molecule has 0 aliphatic rings. The molecule has 0 atom stereocenters. The van der Waals surface area contributed by atoms with Crippen molar-refractivity contribution >= 4 is 22.6 Å². The third-order valence-corrected chi connectivity index (χ3v) is 3.17. The average Bonchev–Trinajstić information content (AvgIpc) is 3.01. The van der Waals surface area contributed by atoms with Gasteiger partial charge in [0.15, 0.2) is 0 Å². The van der Waals surface area contributed by atoms with Crippen LogP contribution in [0, 0.1) is 0 Å². The lowest BCUT2D eigenvalue weighted by Gasteiger charge is -2.07. The Morgan fingerprint density at radius 2 is 2.24 bits per heavy atom. The van der Waals surface area contributed by atoms with Crippen LogP contribution in [0.1, 0.15) is 16.1 Å². The molecular weight excluding hydrogens is 268 g/mol. The number of nitrogens with one attached hydrogen (secondary N) is 1. The fraction of sp³-hybridized carbons (Fsp3) is 0.125. The summed E-state index contributed by atoms with van der Waals surface area (Å²) in [6.45, 7) is 0.477. The van der Waals surface area contributed by atoms with Crippen LogP contribution in [0.25, 0.3) is 10.9 Å². The second kappa shape index (κ2) is 5.66. The fourth-order valence-corrected chi connectivity index (χ4v) is 2.14. The third-order valence-electron chi connectivity index (χ3n) is 3.17. The summed E-state index contributed by atoms with van der Waals surface area (Å²) in [7, 11) is 1.34. The molecule has 0 aliphatic carbocycles. The summed E-state index contributed by atoms with van der Waals surface area (Å²) in [6, 6.07) is 11.5. The van der Waals surface area contributed by atoms with Crippen LogP contribution in [0.2, 0.25) is 0 Å². The largest absolute Gasteiger partial charge is 0.467 e. The van der Waals surface area contributed by atoms with Crippen molar-refractivity contribution < 1.29 is 13.9 Å². The molecule has 3 aromatic rings. The number of anilines is 1. The fourth-order valence-electron chi connectivity index (χ4n) is 2.14. The molecule has 3 rings (SSSR count). The van der Waals surface area contributed by atoms with Crippen LogP contribution in [0.15, 0.2) is 53.3 Å². The standard InChI is InChI=1S/C16H14N2O3/c1-20-16(19)11-8-12(21-10-11)9-18-15-6-2-5-14-13(15)4-3-7-17-14/h2-8,10,18H,9H2,1H3. The smallest absolute Gasteiger partial charge is 0.341 e. The number of rotatable bonds is 4. The van der Waals surface area contributed by atoms with E-state index in [1.54, 1.807) is 12.3 Å². The SMILES string of the molecule is COC(=O)c1coc(CNc2cccc3ncccc23)c1. The van der Waals surface area contributed by atoms with Crippen LogP contribution < -0.4 is 5.32 Å². The summed E-state index contributed by atoms with van der Waals surface area (Å²) < 4.78 is 9.98. The lowest BCUT2D eigenvalue weighted by Crippen LogP contribution is -2.00. The maximum absolute atomic E-state index is 11.4. The molecule has 5 nitrogen and oxygen atoms in total. The van der Waals surface area contributed by atoms with Crippen molar-refractivity contribution in [3.05, 3.63) is 60.2 Å². The Balaban J connectivity index is 1.77. The Labute approximate surface area is 121 Å². The van der Waals surface area contributed by atoms with Crippen LogP contribution in [-0.4, -0.2) is 18.1 Å². The lowest BCUT2D eigenvalue weighted by atomic mass is 10.2. The highest BCUT2D eigenvalue weighted by Crippen LogP contribution is 2.22. The first-order chi connectivity index (χ1) is 10.3. The van der Waals surface area contributed by atoms with Crippen LogP contribution in [0.3, 0.4) is 0 Å². The molecule has 0 saturated carbocycles. The predicted molar refractivity (Wildman–Crippen MR) is 79.1 cm³/mol. The van der Waals surface area contributed by atoms with E-state index in [0.29, 0.717) is 17.9 Å². The van der Waals surface area contributed by atoms with Gasteiger partial charge in [-0.15, -0.1) is 0 Å². The van der Waals surface area contributed by atoms with Gasteiger partial charge in [-0.1, -0.05) is 6.07 Å². The first-order valence-corrected chi connectivity index (χ1v) is 6.51. The van der Waals surface area contributed by atoms with E-state index in [4.69, 9.17) is 4.42 Å². The molecule has 5 heteroatoms. The highest BCUT2D eigenvalue weighted by Gasteiger charge is 2.10. The molecule has 1 aromatic carbocycles. The van der Waals surface area contributed by atoms with Gasteiger partial charge in [0.2, 0.25) is 0 Å². The molecule has 0 amide bonds. The van der Waals surface area contributed by atoms with Gasteiger partial charge >= 0.3 is 5.97 Å². The number of hydrogen-bond donors (Lipinski definition) is 1. The highest BCUT2D eigenvalue weighted by molar-refractivity contribution is 5.91. The maximum atomic E-state index is 11.4. The van der Waals surface area contributed by atoms with E-state index in [-0.39, 0.29) is 0 Å². The van der Waals surface area contributed by atoms with Gasteiger partial charge in [-0.05, 0) is 30.3 Å². The molecule has 0 fully saturated rings. The van der Waals surface area contributed by atoms with Gasteiger partial charge in [-0.25, -0.2) is 4.79 Å². The van der Waals surface area contributed by atoms with Crippen LogP contribution in [0.4, 0.5) is 5.69 Å². The maximum Gasteiger partial charge on any atom is 0.341 e. The molecule has 2 heterocycles. The Hall–Kier alpha value is -2.82. The van der Waals surface area contributed by atoms with Crippen molar-refractivity contribution in [1.82, 2.24) is 4.98 Å². The van der Waals surface area contributed by atoms with Crippen molar-refractivity contribution in [2.24, 2.45) is 0 Å². The number of nitrogens with zero attached hydrogens (tertiary/aromatic N) is 1. The van der Waals surface area contributed by atoms with E-state index in [1.165, 1.54) is 13.4 Å². The van der Waals surface area contributed by atoms with Crippen LogP contribution >= 0.6 is 0 Å². The lowest BCUT2D eigenvalue weighted by molar-refractivity contribution is 0.0600. The van der Waals surface area contributed by atoms with Crippen molar-refractivity contribution in [3.63, 3.8) is 0 Å². The van der Waals surface area contributed by atoms with Gasteiger partial charge in [-0.3, -0.25) is 4.98 Å². The number of esters is 1.